The van der Waals surface area contributed by atoms with Crippen molar-refractivity contribution in [1.29, 1.82) is 0 Å². The number of pyridine rings is 1. The number of hydrogen-bond donors (Lipinski definition) is 1. The third-order valence-corrected chi connectivity index (χ3v) is 4.83. The van der Waals surface area contributed by atoms with Gasteiger partial charge in [-0.3, -0.25) is 4.72 Å². The summed E-state index contributed by atoms with van der Waals surface area (Å²) in [6.07, 6.45) is 1.41. The molecular formula is C8H9ClFIN2O2S. The lowest BCUT2D eigenvalue weighted by Crippen LogP contribution is -2.17. The first kappa shape index (κ1) is 13.9. The second-order valence-electron chi connectivity index (χ2n) is 3.00. The summed E-state index contributed by atoms with van der Waals surface area (Å²) in [4.78, 5) is 3.60. The van der Waals surface area contributed by atoms with E-state index in [0.29, 0.717) is 6.42 Å². The highest BCUT2D eigenvalue weighted by Crippen LogP contribution is 2.27. The average molecular weight is 379 g/mol. The van der Waals surface area contributed by atoms with Crippen LogP contribution in [-0.4, -0.2) is 19.2 Å². The highest BCUT2D eigenvalue weighted by atomic mass is 127. The lowest BCUT2D eigenvalue weighted by Gasteiger charge is -2.08. The zero-order valence-corrected chi connectivity index (χ0v) is 12.0. The van der Waals surface area contributed by atoms with E-state index in [4.69, 9.17) is 11.6 Å². The van der Waals surface area contributed by atoms with Crippen LogP contribution in [-0.2, 0) is 10.0 Å². The molecule has 0 spiro atoms. The molecule has 0 amide bonds. The summed E-state index contributed by atoms with van der Waals surface area (Å²) in [5, 5.41) is -0.0275. The molecule has 4 nitrogen and oxygen atoms in total. The van der Waals surface area contributed by atoms with Gasteiger partial charge in [0.1, 0.15) is 5.02 Å². The Morgan fingerprint density at radius 2 is 2.25 bits per heavy atom. The van der Waals surface area contributed by atoms with Gasteiger partial charge in [-0.15, -0.1) is 0 Å². The molecule has 1 aromatic heterocycles. The molecule has 0 unspecified atom stereocenters. The summed E-state index contributed by atoms with van der Waals surface area (Å²) in [6, 6.07) is 0. The first-order chi connectivity index (χ1) is 7.37. The van der Waals surface area contributed by atoms with Gasteiger partial charge in [-0.1, -0.05) is 18.5 Å². The number of hydrogen-bond acceptors (Lipinski definition) is 3. The van der Waals surface area contributed by atoms with Gasteiger partial charge in [0.15, 0.2) is 11.6 Å². The van der Waals surface area contributed by atoms with E-state index in [1.807, 2.05) is 0 Å². The smallest absolute Gasteiger partial charge is 0.233 e. The van der Waals surface area contributed by atoms with Crippen LogP contribution in [0.25, 0.3) is 0 Å². The minimum atomic E-state index is -3.46. The Labute approximate surface area is 112 Å². The predicted molar refractivity (Wildman–Crippen MR) is 69.6 cm³/mol. The van der Waals surface area contributed by atoms with Crippen LogP contribution in [0.15, 0.2) is 6.20 Å². The van der Waals surface area contributed by atoms with Crippen LogP contribution >= 0.6 is 34.2 Å². The van der Waals surface area contributed by atoms with E-state index in [1.165, 1.54) is 0 Å². The highest BCUT2D eigenvalue weighted by molar-refractivity contribution is 14.1. The molecule has 1 aromatic rings. The summed E-state index contributed by atoms with van der Waals surface area (Å²) in [6.45, 7) is 1.74. The van der Waals surface area contributed by atoms with E-state index in [9.17, 15) is 12.8 Å². The van der Waals surface area contributed by atoms with Gasteiger partial charge in [0.25, 0.3) is 0 Å². The van der Waals surface area contributed by atoms with E-state index in [1.54, 1.807) is 29.5 Å². The Hall–Kier alpha value is -0.150. The Morgan fingerprint density at radius 1 is 1.62 bits per heavy atom. The number of nitrogens with zero attached hydrogens (tertiary/aromatic N) is 1. The summed E-state index contributed by atoms with van der Waals surface area (Å²) in [5.41, 5.74) is 0. The maximum atomic E-state index is 13.0. The molecule has 16 heavy (non-hydrogen) atoms. The first-order valence-electron chi connectivity index (χ1n) is 4.37. The fourth-order valence-corrected chi connectivity index (χ4v) is 2.71. The Morgan fingerprint density at radius 3 is 2.81 bits per heavy atom. The third-order valence-electron chi connectivity index (χ3n) is 1.64. The topological polar surface area (TPSA) is 59.1 Å². The Balaban J connectivity index is 3.04. The fraction of sp³-hybridized carbons (Fsp3) is 0.375. The standard InChI is InChI=1S/C8H9ClFIN2O2S/c1-2-3-16(14,15)13-8-6(9)7(11)5(10)4-12-8/h4H,2-3H2,1H3,(H,12,13). The normalized spacial score (nSPS) is 11.5. The molecule has 0 atom stereocenters. The molecule has 0 saturated heterocycles. The molecule has 0 fully saturated rings. The molecule has 1 N–H and O–H groups in total. The van der Waals surface area contributed by atoms with Crippen molar-refractivity contribution < 1.29 is 12.8 Å². The number of sulfonamides is 1. The van der Waals surface area contributed by atoms with Crippen molar-refractivity contribution in [1.82, 2.24) is 4.98 Å². The average Bonchev–Trinajstić information content (AvgIpc) is 2.19. The van der Waals surface area contributed by atoms with Crippen molar-refractivity contribution in [2.45, 2.75) is 13.3 Å². The van der Waals surface area contributed by atoms with Gasteiger partial charge in [0.2, 0.25) is 10.0 Å². The van der Waals surface area contributed by atoms with Crippen LogP contribution in [0, 0.1) is 9.39 Å². The summed E-state index contributed by atoms with van der Waals surface area (Å²) in [5.74, 6) is -0.649. The van der Waals surface area contributed by atoms with Crippen LogP contribution in [0.4, 0.5) is 10.2 Å². The number of halogens is 3. The monoisotopic (exact) mass is 378 g/mol. The zero-order valence-electron chi connectivity index (χ0n) is 8.30. The molecule has 0 aliphatic rings. The van der Waals surface area contributed by atoms with Gasteiger partial charge in [0.05, 0.1) is 15.5 Å². The van der Waals surface area contributed by atoms with Gasteiger partial charge >= 0.3 is 0 Å². The lowest BCUT2D eigenvalue weighted by atomic mass is 10.4. The molecular weight excluding hydrogens is 370 g/mol. The van der Waals surface area contributed by atoms with Crippen LogP contribution in [0.1, 0.15) is 13.3 Å². The Bertz CT molecular complexity index is 495. The van der Waals surface area contributed by atoms with Crippen LogP contribution in [0.3, 0.4) is 0 Å². The van der Waals surface area contributed by atoms with Crippen molar-refractivity contribution in [3.63, 3.8) is 0 Å². The number of anilines is 1. The summed E-state index contributed by atoms with van der Waals surface area (Å²) in [7, 11) is -3.46. The molecule has 0 bridgehead atoms. The molecule has 0 aliphatic carbocycles. The molecule has 8 heteroatoms. The molecule has 0 saturated carbocycles. The predicted octanol–water partition coefficient (Wildman–Crippen LogP) is 2.63. The first-order valence-corrected chi connectivity index (χ1v) is 7.48. The largest absolute Gasteiger partial charge is 0.266 e. The highest BCUT2D eigenvalue weighted by Gasteiger charge is 2.16. The van der Waals surface area contributed by atoms with Crippen LogP contribution < -0.4 is 4.72 Å². The van der Waals surface area contributed by atoms with Crippen molar-refractivity contribution in [3.8, 4) is 0 Å². The summed E-state index contributed by atoms with van der Waals surface area (Å²) >= 11 is 7.45. The number of rotatable bonds is 4. The molecule has 0 aliphatic heterocycles. The zero-order chi connectivity index (χ0) is 12.3. The molecule has 0 radical (unpaired) electrons. The molecule has 1 rings (SSSR count). The van der Waals surface area contributed by atoms with Crippen molar-refractivity contribution in [3.05, 3.63) is 20.6 Å². The van der Waals surface area contributed by atoms with Gasteiger partial charge in [-0.25, -0.2) is 17.8 Å². The quantitative estimate of drug-likeness (QED) is 0.820. The molecule has 90 valence electrons. The molecule has 1 heterocycles. The van der Waals surface area contributed by atoms with Crippen molar-refractivity contribution in [2.75, 3.05) is 10.5 Å². The van der Waals surface area contributed by atoms with Crippen molar-refractivity contribution in [2.24, 2.45) is 0 Å². The van der Waals surface area contributed by atoms with E-state index >= 15 is 0 Å². The van der Waals surface area contributed by atoms with E-state index in [2.05, 4.69) is 9.71 Å². The third kappa shape index (κ3) is 3.42. The fourth-order valence-electron chi connectivity index (χ4n) is 0.982. The van der Waals surface area contributed by atoms with Crippen LogP contribution in [0.5, 0.6) is 0 Å². The second kappa shape index (κ2) is 5.46. The van der Waals surface area contributed by atoms with Crippen molar-refractivity contribution >= 4 is 50.0 Å². The van der Waals surface area contributed by atoms with Gasteiger partial charge in [-0.05, 0) is 29.0 Å². The van der Waals surface area contributed by atoms with Gasteiger partial charge in [-0.2, -0.15) is 0 Å². The lowest BCUT2D eigenvalue weighted by molar-refractivity contribution is 0.598. The van der Waals surface area contributed by atoms with Crippen LogP contribution in [0.2, 0.25) is 5.02 Å². The second-order valence-corrected chi connectivity index (χ2v) is 6.30. The Kier molecular flexibility index (Phi) is 4.74. The van der Waals surface area contributed by atoms with Gasteiger partial charge in [0, 0.05) is 0 Å². The summed E-state index contributed by atoms with van der Waals surface area (Å²) < 4.78 is 38.2. The maximum absolute atomic E-state index is 13.0. The minimum absolute atomic E-state index is 0.0275. The van der Waals surface area contributed by atoms with E-state index < -0.39 is 15.8 Å². The van der Waals surface area contributed by atoms with E-state index in [-0.39, 0.29) is 20.2 Å². The maximum Gasteiger partial charge on any atom is 0.233 e. The SMILES string of the molecule is CCCS(=O)(=O)Nc1ncc(F)c(I)c1Cl. The number of aromatic nitrogens is 1. The molecule has 0 aromatic carbocycles. The minimum Gasteiger partial charge on any atom is -0.266 e. The van der Waals surface area contributed by atoms with E-state index in [0.717, 1.165) is 6.20 Å². The van der Waals surface area contributed by atoms with Gasteiger partial charge < -0.3 is 0 Å². The number of nitrogens with one attached hydrogen (secondary N) is 1.